The fourth-order valence-electron chi connectivity index (χ4n) is 0.939. The third kappa shape index (κ3) is 2.23. The summed E-state index contributed by atoms with van der Waals surface area (Å²) in [6.45, 7) is 0. The number of aromatic nitrogens is 2. The summed E-state index contributed by atoms with van der Waals surface area (Å²) in [6, 6.07) is 0. The Bertz CT molecular complexity index is 369. The van der Waals surface area contributed by atoms with Gasteiger partial charge in [-0.25, -0.2) is 4.98 Å². The molecule has 0 saturated carbocycles. The fourth-order valence-corrected chi connectivity index (χ4v) is 1.11. The lowest BCUT2D eigenvalue weighted by atomic mass is 10.2. The zero-order chi connectivity index (χ0) is 10.7. The van der Waals surface area contributed by atoms with Gasteiger partial charge < -0.3 is 15.6 Å². The molecule has 0 aromatic carbocycles. The Morgan fingerprint density at radius 1 is 1.64 bits per heavy atom. The number of carboxylic acids is 1. The van der Waals surface area contributed by atoms with Gasteiger partial charge in [-0.2, -0.15) is 4.98 Å². The number of methoxy groups -OCH3 is 1. The van der Waals surface area contributed by atoms with Gasteiger partial charge in [0.2, 0.25) is 11.2 Å². The van der Waals surface area contributed by atoms with Crippen molar-refractivity contribution in [3.63, 3.8) is 0 Å². The Morgan fingerprint density at radius 2 is 2.29 bits per heavy atom. The Kier molecular flexibility index (Phi) is 3.08. The van der Waals surface area contributed by atoms with Gasteiger partial charge in [-0.05, 0) is 11.6 Å². The molecule has 1 rings (SSSR count). The van der Waals surface area contributed by atoms with E-state index in [4.69, 9.17) is 27.2 Å². The first-order chi connectivity index (χ1) is 6.54. The van der Waals surface area contributed by atoms with E-state index < -0.39 is 5.97 Å². The predicted octanol–water partition coefficient (Wildman–Crippen LogP) is 0.348. The lowest BCUT2D eigenvalue weighted by molar-refractivity contribution is -0.136. The number of rotatable bonds is 3. The lowest BCUT2D eigenvalue weighted by Crippen LogP contribution is -2.09. The molecule has 0 radical (unpaired) electrons. The highest BCUT2D eigenvalue weighted by molar-refractivity contribution is 6.28. The minimum Gasteiger partial charge on any atom is -0.481 e. The van der Waals surface area contributed by atoms with E-state index in [0.717, 1.165) is 0 Å². The fraction of sp³-hybridized carbons (Fsp3) is 0.286. The van der Waals surface area contributed by atoms with Gasteiger partial charge in [0.25, 0.3) is 0 Å². The summed E-state index contributed by atoms with van der Waals surface area (Å²) in [7, 11) is 1.35. The topological polar surface area (TPSA) is 98.3 Å². The van der Waals surface area contributed by atoms with Crippen LogP contribution in [-0.4, -0.2) is 28.2 Å². The minimum absolute atomic E-state index is 0.0178. The number of anilines is 1. The van der Waals surface area contributed by atoms with Gasteiger partial charge in [0.15, 0.2) is 0 Å². The summed E-state index contributed by atoms with van der Waals surface area (Å²) in [4.78, 5) is 17.8. The van der Waals surface area contributed by atoms with Crippen LogP contribution in [-0.2, 0) is 11.2 Å². The highest BCUT2D eigenvalue weighted by atomic mass is 35.5. The molecule has 1 aromatic rings. The lowest BCUT2D eigenvalue weighted by Gasteiger charge is -2.07. The van der Waals surface area contributed by atoms with Crippen LogP contribution >= 0.6 is 11.6 Å². The molecule has 0 unspecified atom stereocenters. The van der Waals surface area contributed by atoms with Gasteiger partial charge in [-0.1, -0.05) is 0 Å². The van der Waals surface area contributed by atoms with E-state index in [1.165, 1.54) is 7.11 Å². The number of ether oxygens (including phenoxy) is 1. The summed E-state index contributed by atoms with van der Waals surface area (Å²) >= 11 is 5.51. The van der Waals surface area contributed by atoms with E-state index in [-0.39, 0.29) is 29.0 Å². The van der Waals surface area contributed by atoms with Crippen molar-refractivity contribution in [3.8, 4) is 5.88 Å². The Balaban J connectivity index is 3.18. The van der Waals surface area contributed by atoms with Crippen LogP contribution in [0.1, 0.15) is 5.56 Å². The zero-order valence-corrected chi connectivity index (χ0v) is 8.08. The Morgan fingerprint density at radius 3 is 2.79 bits per heavy atom. The summed E-state index contributed by atoms with van der Waals surface area (Å²) in [5, 5.41) is 8.51. The summed E-state index contributed by atoms with van der Waals surface area (Å²) in [5.41, 5.74) is 5.69. The molecule has 6 nitrogen and oxygen atoms in total. The maximum Gasteiger partial charge on any atom is 0.308 e. The van der Waals surface area contributed by atoms with Crippen LogP contribution in [0.15, 0.2) is 0 Å². The highest BCUT2D eigenvalue weighted by Crippen LogP contribution is 2.22. The van der Waals surface area contributed by atoms with Crippen LogP contribution in [0.2, 0.25) is 5.28 Å². The Hall–Kier alpha value is -1.56. The molecule has 14 heavy (non-hydrogen) atoms. The molecule has 0 fully saturated rings. The molecule has 1 aromatic heterocycles. The number of halogens is 1. The molecule has 76 valence electrons. The molecule has 0 aliphatic rings. The number of carboxylic acid groups (broad SMARTS) is 1. The second kappa shape index (κ2) is 4.10. The van der Waals surface area contributed by atoms with Crippen molar-refractivity contribution in [3.05, 3.63) is 10.8 Å². The predicted molar refractivity (Wildman–Crippen MR) is 49.3 cm³/mol. The smallest absolute Gasteiger partial charge is 0.308 e. The second-order valence-corrected chi connectivity index (χ2v) is 2.77. The third-order valence-corrected chi connectivity index (χ3v) is 1.66. The monoisotopic (exact) mass is 217 g/mol. The van der Waals surface area contributed by atoms with Crippen molar-refractivity contribution in [2.75, 3.05) is 12.8 Å². The van der Waals surface area contributed by atoms with Crippen molar-refractivity contribution in [1.82, 2.24) is 9.97 Å². The third-order valence-electron chi connectivity index (χ3n) is 1.50. The van der Waals surface area contributed by atoms with E-state index >= 15 is 0 Å². The van der Waals surface area contributed by atoms with Crippen molar-refractivity contribution in [2.24, 2.45) is 0 Å². The summed E-state index contributed by atoms with van der Waals surface area (Å²) < 4.78 is 4.83. The zero-order valence-electron chi connectivity index (χ0n) is 7.32. The number of nitrogens with two attached hydrogens (primary N) is 1. The van der Waals surface area contributed by atoms with E-state index in [9.17, 15) is 4.79 Å². The normalized spacial score (nSPS) is 9.86. The Labute approximate surface area is 84.7 Å². The van der Waals surface area contributed by atoms with Crippen molar-refractivity contribution in [1.29, 1.82) is 0 Å². The number of nitrogens with zero attached hydrogens (tertiary/aromatic N) is 2. The number of nitrogen functional groups attached to an aromatic ring is 1. The molecule has 7 heteroatoms. The van der Waals surface area contributed by atoms with Crippen molar-refractivity contribution < 1.29 is 14.6 Å². The highest BCUT2D eigenvalue weighted by Gasteiger charge is 2.15. The maximum atomic E-state index is 10.5. The summed E-state index contributed by atoms with van der Waals surface area (Å²) in [6.07, 6.45) is -0.299. The molecule has 1 heterocycles. The largest absolute Gasteiger partial charge is 0.481 e. The van der Waals surface area contributed by atoms with Crippen LogP contribution in [0.4, 0.5) is 5.82 Å². The number of aliphatic carboxylic acids is 1. The molecule has 0 aliphatic heterocycles. The molecule has 0 aliphatic carbocycles. The second-order valence-electron chi connectivity index (χ2n) is 2.44. The van der Waals surface area contributed by atoms with Crippen LogP contribution in [0.3, 0.4) is 0 Å². The maximum absolute atomic E-state index is 10.5. The number of hydrogen-bond donors (Lipinski definition) is 2. The average molecular weight is 218 g/mol. The van der Waals surface area contributed by atoms with Gasteiger partial charge in [-0.3, -0.25) is 4.79 Å². The van der Waals surface area contributed by atoms with E-state index in [0.29, 0.717) is 0 Å². The van der Waals surface area contributed by atoms with E-state index in [1.54, 1.807) is 0 Å². The molecule has 3 N–H and O–H groups in total. The first kappa shape index (κ1) is 10.5. The van der Waals surface area contributed by atoms with Crippen molar-refractivity contribution in [2.45, 2.75) is 6.42 Å². The summed E-state index contributed by atoms with van der Waals surface area (Å²) in [5.74, 6) is -0.935. The molecular formula is C7H8ClN3O3. The molecule has 0 atom stereocenters. The van der Waals surface area contributed by atoms with Crippen LogP contribution in [0, 0.1) is 0 Å². The number of carbonyl (C=O) groups is 1. The van der Waals surface area contributed by atoms with Gasteiger partial charge in [0.05, 0.1) is 19.1 Å². The van der Waals surface area contributed by atoms with Crippen LogP contribution < -0.4 is 10.5 Å². The molecule has 0 saturated heterocycles. The quantitative estimate of drug-likeness (QED) is 0.709. The SMILES string of the molecule is COc1nc(Cl)nc(N)c1CC(=O)O. The van der Waals surface area contributed by atoms with Gasteiger partial charge in [-0.15, -0.1) is 0 Å². The van der Waals surface area contributed by atoms with Crippen LogP contribution in [0.5, 0.6) is 5.88 Å². The minimum atomic E-state index is -1.04. The average Bonchev–Trinajstić information content (AvgIpc) is 2.08. The standard InChI is InChI=1S/C7H8ClN3O3/c1-14-6-3(2-4(12)13)5(9)10-7(8)11-6/h2H2,1H3,(H,12,13)(H2,9,10,11). The molecule has 0 amide bonds. The van der Waals surface area contributed by atoms with Gasteiger partial charge in [0, 0.05) is 0 Å². The molecule has 0 bridgehead atoms. The van der Waals surface area contributed by atoms with E-state index in [1.807, 2.05) is 0 Å². The van der Waals surface area contributed by atoms with Gasteiger partial charge >= 0.3 is 5.97 Å². The van der Waals surface area contributed by atoms with Crippen LogP contribution in [0.25, 0.3) is 0 Å². The van der Waals surface area contributed by atoms with Crippen molar-refractivity contribution >= 4 is 23.4 Å². The number of hydrogen-bond acceptors (Lipinski definition) is 5. The first-order valence-corrected chi connectivity index (χ1v) is 4.00. The van der Waals surface area contributed by atoms with E-state index in [2.05, 4.69) is 9.97 Å². The first-order valence-electron chi connectivity index (χ1n) is 3.62. The van der Waals surface area contributed by atoms with Gasteiger partial charge in [0.1, 0.15) is 5.82 Å². The molecular weight excluding hydrogens is 210 g/mol. The molecule has 0 spiro atoms.